The molecule has 0 aromatic heterocycles. The molecule has 0 spiro atoms. The minimum atomic E-state index is -4.88. The van der Waals surface area contributed by atoms with Gasteiger partial charge in [0, 0.05) is 18.7 Å². The zero-order valence-corrected chi connectivity index (χ0v) is 19.1. The molecule has 0 aliphatic carbocycles. The van der Waals surface area contributed by atoms with Gasteiger partial charge in [0.05, 0.1) is 6.10 Å². The van der Waals surface area contributed by atoms with Gasteiger partial charge >= 0.3 is 16.2 Å². The molecule has 0 fully saturated rings. The zero-order valence-electron chi connectivity index (χ0n) is 18.2. The third kappa shape index (κ3) is 5.76. The van der Waals surface area contributed by atoms with Crippen molar-refractivity contribution in [1.29, 1.82) is 0 Å². The molecular weight excluding hydrogens is 457 g/mol. The number of hydrogen-bond acceptors (Lipinski definition) is 5. The normalized spacial score (nSPS) is 18.8. The van der Waals surface area contributed by atoms with E-state index in [2.05, 4.69) is 0 Å². The van der Waals surface area contributed by atoms with Crippen LogP contribution in [0.15, 0.2) is 72.5 Å². The highest BCUT2D eigenvalue weighted by Gasteiger charge is 2.49. The Morgan fingerprint density at radius 1 is 1.06 bits per heavy atom. The lowest BCUT2D eigenvalue weighted by Crippen LogP contribution is -2.53. The quantitative estimate of drug-likeness (QED) is 0.542. The van der Waals surface area contributed by atoms with Gasteiger partial charge in [0.2, 0.25) is 0 Å². The zero-order chi connectivity index (χ0) is 24.3. The summed E-state index contributed by atoms with van der Waals surface area (Å²) < 4.78 is 75.7. The second-order valence-corrected chi connectivity index (χ2v) is 9.93. The number of nitrogens with zero attached hydrogens (tertiary/aromatic N) is 1. The van der Waals surface area contributed by atoms with Crippen LogP contribution in [-0.4, -0.2) is 39.5 Å². The number of nitrogens with two attached hydrogens (primary N) is 1. The van der Waals surface area contributed by atoms with Crippen LogP contribution in [0.5, 0.6) is 17.2 Å². The molecule has 3 rings (SSSR count). The van der Waals surface area contributed by atoms with Crippen LogP contribution in [0.1, 0.15) is 13.8 Å². The summed E-state index contributed by atoms with van der Waals surface area (Å²) in [7, 11) is -4.70. The maximum absolute atomic E-state index is 13.1. The molecule has 0 saturated heterocycles. The van der Waals surface area contributed by atoms with E-state index in [4.69, 9.17) is 15.2 Å². The molecule has 2 aromatic rings. The average Bonchev–Trinajstić information content (AvgIpc) is 2.73. The molecule has 0 saturated carbocycles. The summed E-state index contributed by atoms with van der Waals surface area (Å²) in [4.78, 5) is 0. The third-order valence-electron chi connectivity index (χ3n) is 4.95. The first-order chi connectivity index (χ1) is 15.5. The minimum absolute atomic E-state index is 0.0716. The second-order valence-electron chi connectivity index (χ2n) is 7.83. The molecule has 1 unspecified atom stereocenters. The van der Waals surface area contributed by atoms with Crippen LogP contribution in [0, 0.1) is 0 Å². The lowest BCUT2D eigenvalue weighted by molar-refractivity contribution is -0.106. The second kappa shape index (κ2) is 9.58. The Labute approximate surface area is 191 Å². The Bertz CT molecular complexity index is 1140. The maximum atomic E-state index is 13.1. The van der Waals surface area contributed by atoms with Crippen molar-refractivity contribution < 1.29 is 31.1 Å². The van der Waals surface area contributed by atoms with Gasteiger partial charge in [-0.3, -0.25) is 0 Å². The van der Waals surface area contributed by atoms with Crippen LogP contribution in [-0.2, 0) is 10.0 Å². The fourth-order valence-corrected chi connectivity index (χ4v) is 5.04. The molecule has 0 amide bonds. The van der Waals surface area contributed by atoms with E-state index in [1.807, 2.05) is 13.8 Å². The summed E-state index contributed by atoms with van der Waals surface area (Å²) >= 11 is 0. The van der Waals surface area contributed by atoms with E-state index in [1.165, 1.54) is 42.6 Å². The largest absolute Gasteiger partial charge is 0.487 e. The molecule has 1 aliphatic heterocycles. The summed E-state index contributed by atoms with van der Waals surface area (Å²) in [5.41, 5.74) is 6.39. The number of quaternary nitrogens is 1. The molecular formula is C23H26F3N2O4S+. The monoisotopic (exact) mass is 483 g/mol. The van der Waals surface area contributed by atoms with Gasteiger partial charge in [-0.2, -0.15) is 25.5 Å². The Hall–Kier alpha value is -2.82. The highest BCUT2D eigenvalue weighted by atomic mass is 32.2. The number of halogens is 3. The average molecular weight is 484 g/mol. The van der Waals surface area contributed by atoms with Gasteiger partial charge in [-0.1, -0.05) is 12.1 Å². The number of benzene rings is 2. The van der Waals surface area contributed by atoms with E-state index in [0.717, 1.165) is 0 Å². The first-order valence-electron chi connectivity index (χ1n) is 10.3. The first-order valence-corrected chi connectivity index (χ1v) is 11.9. The molecule has 0 radical (unpaired) electrons. The first kappa shape index (κ1) is 24.8. The molecule has 178 valence electrons. The molecule has 33 heavy (non-hydrogen) atoms. The Balaban J connectivity index is 1.95. The maximum Gasteiger partial charge on any atom is 0.408 e. The fourth-order valence-electron chi connectivity index (χ4n) is 3.41. The molecule has 1 heterocycles. The summed E-state index contributed by atoms with van der Waals surface area (Å²) in [5, 5.41) is 0. The number of ether oxygens (including phenoxy) is 2. The fraction of sp³-hybridized carbons (Fsp3) is 0.304. The number of hydrogen-bond donors (Lipinski definition) is 1. The SMILES string of the molecule is CC(C)Oc1ccccc1Oc1ccc([N+]2(S(=O)(=O)CC(F)(F)F)C=CC(CN)=CC2)cc1. The summed E-state index contributed by atoms with van der Waals surface area (Å²) in [6, 6.07) is 13.0. The third-order valence-corrected chi connectivity index (χ3v) is 7.11. The van der Waals surface area contributed by atoms with Crippen LogP contribution >= 0.6 is 0 Å². The van der Waals surface area contributed by atoms with Crippen molar-refractivity contribution in [2.45, 2.75) is 26.1 Å². The van der Waals surface area contributed by atoms with Crippen molar-refractivity contribution in [3.63, 3.8) is 0 Å². The number of sulfonamides is 1. The predicted molar refractivity (Wildman–Crippen MR) is 122 cm³/mol. The van der Waals surface area contributed by atoms with Crippen molar-refractivity contribution in [3.05, 3.63) is 72.5 Å². The van der Waals surface area contributed by atoms with Crippen LogP contribution in [0.3, 0.4) is 0 Å². The van der Waals surface area contributed by atoms with E-state index in [-0.39, 0.29) is 24.9 Å². The van der Waals surface area contributed by atoms with Gasteiger partial charge in [0.25, 0.3) is 0 Å². The Morgan fingerprint density at radius 3 is 2.21 bits per heavy atom. The highest BCUT2D eigenvalue weighted by Crippen LogP contribution is 2.37. The number of rotatable bonds is 8. The van der Waals surface area contributed by atoms with Gasteiger partial charge in [-0.15, -0.1) is 0 Å². The van der Waals surface area contributed by atoms with Crippen LogP contribution in [0.4, 0.5) is 18.9 Å². The molecule has 2 N–H and O–H groups in total. The van der Waals surface area contributed by atoms with Crippen molar-refractivity contribution in [2.75, 3.05) is 18.8 Å². The summed E-state index contributed by atoms with van der Waals surface area (Å²) in [6.07, 6.45) is -0.721. The number of para-hydroxylation sites is 2. The van der Waals surface area contributed by atoms with E-state index < -0.39 is 25.8 Å². The van der Waals surface area contributed by atoms with E-state index >= 15 is 0 Å². The van der Waals surface area contributed by atoms with Gasteiger partial charge in [-0.25, -0.2) is 0 Å². The molecule has 1 aliphatic rings. The van der Waals surface area contributed by atoms with Crippen molar-refractivity contribution in [2.24, 2.45) is 5.73 Å². The Morgan fingerprint density at radius 2 is 1.70 bits per heavy atom. The van der Waals surface area contributed by atoms with E-state index in [0.29, 0.717) is 22.8 Å². The van der Waals surface area contributed by atoms with Crippen molar-refractivity contribution in [1.82, 2.24) is 3.89 Å². The topological polar surface area (TPSA) is 78.6 Å². The summed E-state index contributed by atoms with van der Waals surface area (Å²) in [6.45, 7) is 3.71. The van der Waals surface area contributed by atoms with Crippen molar-refractivity contribution >= 4 is 15.7 Å². The van der Waals surface area contributed by atoms with Gasteiger partial charge in [0.1, 0.15) is 18.5 Å². The predicted octanol–water partition coefficient (Wildman–Crippen LogP) is 4.88. The van der Waals surface area contributed by atoms with Gasteiger partial charge in [-0.05, 0) is 55.8 Å². The summed E-state index contributed by atoms with van der Waals surface area (Å²) in [5.74, 6) is -0.579. The lowest BCUT2D eigenvalue weighted by atomic mass is 10.1. The molecule has 1 atom stereocenters. The Kier molecular flexibility index (Phi) is 7.20. The standard InChI is InChI=1S/C23H26F3N2O4S/c1-17(2)31-21-5-3-4-6-22(21)32-20-9-7-19(8-10-20)28(13-11-18(15-27)12-14-28)33(29,30)16-23(24,25)26/h3-13,17H,14-16,27H2,1-2H3/q+1. The smallest absolute Gasteiger partial charge is 0.408 e. The molecule has 2 aromatic carbocycles. The van der Waals surface area contributed by atoms with Gasteiger partial charge in [0.15, 0.2) is 22.9 Å². The van der Waals surface area contributed by atoms with Gasteiger partial charge < -0.3 is 15.2 Å². The van der Waals surface area contributed by atoms with E-state index in [1.54, 1.807) is 24.3 Å². The number of alkyl halides is 3. The minimum Gasteiger partial charge on any atom is -0.487 e. The highest BCUT2D eigenvalue weighted by molar-refractivity contribution is 7.91. The molecule has 10 heteroatoms. The van der Waals surface area contributed by atoms with Crippen LogP contribution < -0.4 is 19.1 Å². The lowest BCUT2D eigenvalue weighted by Gasteiger charge is -2.34. The van der Waals surface area contributed by atoms with E-state index in [9.17, 15) is 21.6 Å². The van der Waals surface area contributed by atoms with Crippen molar-refractivity contribution in [3.8, 4) is 17.2 Å². The van der Waals surface area contributed by atoms with Crippen LogP contribution in [0.25, 0.3) is 0 Å². The van der Waals surface area contributed by atoms with Crippen LogP contribution in [0.2, 0.25) is 0 Å². The molecule has 0 bridgehead atoms. The molecule has 6 nitrogen and oxygen atoms in total.